The van der Waals surface area contributed by atoms with Crippen molar-refractivity contribution in [2.75, 3.05) is 11.9 Å². The molecule has 0 saturated heterocycles. The monoisotopic (exact) mass is 351 g/mol. The number of anilines is 1. The number of thioether (sulfide) groups is 1. The van der Waals surface area contributed by atoms with Crippen LogP contribution in [-0.2, 0) is 14.3 Å². The van der Waals surface area contributed by atoms with Gasteiger partial charge in [0.15, 0.2) is 6.61 Å². The van der Waals surface area contributed by atoms with Crippen LogP contribution in [0.4, 0.5) is 14.5 Å². The standard InChI is InChI=1S/C17H15F2NO3S/c1-11(24-13-5-3-2-4-6-13)17(22)23-10-16(21)20-15-8-7-12(18)9-14(15)19/h2-9,11H,10H2,1H3,(H,20,21)/t11-/m1/s1. The van der Waals surface area contributed by atoms with Crippen LogP contribution in [0.1, 0.15) is 6.92 Å². The minimum atomic E-state index is -0.900. The first-order valence-corrected chi connectivity index (χ1v) is 7.97. The van der Waals surface area contributed by atoms with E-state index in [2.05, 4.69) is 5.32 Å². The number of benzene rings is 2. The third kappa shape index (κ3) is 5.34. The van der Waals surface area contributed by atoms with Gasteiger partial charge in [0, 0.05) is 11.0 Å². The largest absolute Gasteiger partial charge is 0.455 e. The highest BCUT2D eigenvalue weighted by atomic mass is 32.2. The second-order valence-electron chi connectivity index (χ2n) is 4.85. The molecule has 4 nitrogen and oxygen atoms in total. The Labute approximate surface area is 142 Å². The summed E-state index contributed by atoms with van der Waals surface area (Å²) in [6.45, 7) is 1.12. The van der Waals surface area contributed by atoms with E-state index >= 15 is 0 Å². The van der Waals surface area contributed by atoms with Gasteiger partial charge < -0.3 is 10.1 Å². The van der Waals surface area contributed by atoms with Crippen LogP contribution < -0.4 is 5.32 Å². The first-order valence-electron chi connectivity index (χ1n) is 7.09. The van der Waals surface area contributed by atoms with E-state index in [9.17, 15) is 18.4 Å². The molecule has 1 atom stereocenters. The second-order valence-corrected chi connectivity index (χ2v) is 6.27. The zero-order valence-electron chi connectivity index (χ0n) is 12.8. The van der Waals surface area contributed by atoms with Gasteiger partial charge in [-0.3, -0.25) is 9.59 Å². The van der Waals surface area contributed by atoms with Gasteiger partial charge in [-0.2, -0.15) is 0 Å². The molecule has 1 N–H and O–H groups in total. The lowest BCUT2D eigenvalue weighted by Gasteiger charge is -2.11. The highest BCUT2D eigenvalue weighted by Crippen LogP contribution is 2.23. The van der Waals surface area contributed by atoms with Crippen molar-refractivity contribution in [3.63, 3.8) is 0 Å². The SMILES string of the molecule is C[C@@H](Sc1ccccc1)C(=O)OCC(=O)Nc1ccc(F)cc1F. The van der Waals surface area contributed by atoms with E-state index in [1.807, 2.05) is 30.3 Å². The summed E-state index contributed by atoms with van der Waals surface area (Å²) < 4.78 is 31.1. The van der Waals surface area contributed by atoms with Gasteiger partial charge >= 0.3 is 5.97 Å². The molecule has 24 heavy (non-hydrogen) atoms. The molecule has 2 rings (SSSR count). The highest BCUT2D eigenvalue weighted by molar-refractivity contribution is 8.00. The zero-order chi connectivity index (χ0) is 17.5. The third-order valence-corrected chi connectivity index (χ3v) is 4.03. The van der Waals surface area contributed by atoms with Crippen molar-refractivity contribution in [1.29, 1.82) is 0 Å². The number of hydrogen-bond acceptors (Lipinski definition) is 4. The Bertz CT molecular complexity index is 725. The fourth-order valence-electron chi connectivity index (χ4n) is 1.78. The molecule has 0 bridgehead atoms. The number of esters is 1. The van der Waals surface area contributed by atoms with Crippen LogP contribution in [0, 0.1) is 11.6 Å². The van der Waals surface area contributed by atoms with Crippen LogP contribution >= 0.6 is 11.8 Å². The Balaban J connectivity index is 1.81. The molecule has 0 aliphatic carbocycles. The lowest BCUT2D eigenvalue weighted by atomic mass is 10.3. The Kier molecular flexibility index (Phi) is 6.31. The molecule has 0 radical (unpaired) electrons. The van der Waals surface area contributed by atoms with Crippen LogP contribution in [-0.4, -0.2) is 23.7 Å². The molecule has 0 aromatic heterocycles. The number of carbonyl (C=O) groups is 2. The predicted molar refractivity (Wildman–Crippen MR) is 87.7 cm³/mol. The van der Waals surface area contributed by atoms with Gasteiger partial charge in [0.05, 0.1) is 5.69 Å². The summed E-state index contributed by atoms with van der Waals surface area (Å²) in [4.78, 5) is 24.5. The lowest BCUT2D eigenvalue weighted by Crippen LogP contribution is -2.25. The summed E-state index contributed by atoms with van der Waals surface area (Å²) >= 11 is 1.30. The number of nitrogens with one attached hydrogen (secondary N) is 1. The van der Waals surface area contributed by atoms with Gasteiger partial charge in [0.25, 0.3) is 5.91 Å². The number of halogens is 2. The average molecular weight is 351 g/mol. The number of carbonyl (C=O) groups excluding carboxylic acids is 2. The fraction of sp³-hybridized carbons (Fsp3) is 0.176. The summed E-state index contributed by atoms with van der Waals surface area (Å²) in [5.74, 6) is -2.91. The fourth-order valence-corrected chi connectivity index (χ4v) is 2.67. The maximum atomic E-state index is 13.4. The van der Waals surface area contributed by atoms with Gasteiger partial charge in [0.1, 0.15) is 16.9 Å². The summed E-state index contributed by atoms with van der Waals surface area (Å²) in [5, 5.41) is 1.72. The van der Waals surface area contributed by atoms with E-state index in [-0.39, 0.29) is 5.69 Å². The van der Waals surface area contributed by atoms with Crippen molar-refractivity contribution in [2.45, 2.75) is 17.1 Å². The molecule has 0 spiro atoms. The quantitative estimate of drug-likeness (QED) is 0.638. The Hall–Kier alpha value is -2.41. The summed E-state index contributed by atoms with van der Waals surface area (Å²) in [5.41, 5.74) is -0.177. The Morgan fingerprint density at radius 1 is 1.17 bits per heavy atom. The van der Waals surface area contributed by atoms with E-state index < -0.39 is 35.4 Å². The van der Waals surface area contributed by atoms with Crippen LogP contribution in [0.15, 0.2) is 53.4 Å². The highest BCUT2D eigenvalue weighted by Gasteiger charge is 2.17. The van der Waals surface area contributed by atoms with Gasteiger partial charge in [-0.1, -0.05) is 18.2 Å². The van der Waals surface area contributed by atoms with E-state index in [0.717, 1.165) is 17.0 Å². The maximum absolute atomic E-state index is 13.4. The normalized spacial score (nSPS) is 11.6. The Morgan fingerprint density at radius 2 is 1.88 bits per heavy atom. The van der Waals surface area contributed by atoms with E-state index in [4.69, 9.17) is 4.74 Å². The number of rotatable bonds is 6. The first kappa shape index (κ1) is 17.9. The van der Waals surface area contributed by atoms with Gasteiger partial charge in [0.2, 0.25) is 0 Å². The molecular formula is C17H15F2NO3S. The van der Waals surface area contributed by atoms with Crippen LogP contribution in [0.25, 0.3) is 0 Å². The van der Waals surface area contributed by atoms with Crippen molar-refractivity contribution < 1.29 is 23.1 Å². The second kappa shape index (κ2) is 8.44. The molecule has 0 aliphatic heterocycles. The van der Waals surface area contributed by atoms with E-state index in [1.54, 1.807) is 6.92 Å². The number of amides is 1. The van der Waals surface area contributed by atoms with Crippen molar-refractivity contribution in [2.24, 2.45) is 0 Å². The number of ether oxygens (including phenoxy) is 1. The van der Waals surface area contributed by atoms with Crippen molar-refractivity contribution in [1.82, 2.24) is 0 Å². The van der Waals surface area contributed by atoms with Gasteiger partial charge in [-0.25, -0.2) is 8.78 Å². The lowest BCUT2D eigenvalue weighted by molar-refractivity contribution is -0.146. The topological polar surface area (TPSA) is 55.4 Å². The first-order chi connectivity index (χ1) is 11.5. The smallest absolute Gasteiger partial charge is 0.319 e. The molecule has 1 amide bonds. The van der Waals surface area contributed by atoms with E-state index in [0.29, 0.717) is 6.07 Å². The molecule has 0 saturated carbocycles. The Morgan fingerprint density at radius 3 is 2.54 bits per heavy atom. The van der Waals surface area contributed by atoms with Crippen molar-refractivity contribution in [3.8, 4) is 0 Å². The summed E-state index contributed by atoms with van der Waals surface area (Å²) in [6.07, 6.45) is 0. The molecule has 2 aromatic carbocycles. The summed E-state index contributed by atoms with van der Waals surface area (Å²) in [7, 11) is 0. The van der Waals surface area contributed by atoms with E-state index in [1.165, 1.54) is 11.8 Å². The predicted octanol–water partition coefficient (Wildman–Crippen LogP) is 3.63. The zero-order valence-corrected chi connectivity index (χ0v) is 13.6. The molecule has 0 heterocycles. The van der Waals surface area contributed by atoms with Crippen LogP contribution in [0.3, 0.4) is 0 Å². The van der Waals surface area contributed by atoms with Gasteiger partial charge in [-0.15, -0.1) is 11.8 Å². The van der Waals surface area contributed by atoms with Gasteiger partial charge in [-0.05, 0) is 31.2 Å². The minimum absolute atomic E-state index is 0.177. The maximum Gasteiger partial charge on any atom is 0.319 e. The molecule has 2 aromatic rings. The van der Waals surface area contributed by atoms with Crippen LogP contribution in [0.2, 0.25) is 0 Å². The molecule has 0 fully saturated rings. The van der Waals surface area contributed by atoms with Crippen molar-refractivity contribution >= 4 is 29.3 Å². The molecular weight excluding hydrogens is 336 g/mol. The van der Waals surface area contributed by atoms with Crippen LogP contribution in [0.5, 0.6) is 0 Å². The minimum Gasteiger partial charge on any atom is -0.455 e. The number of hydrogen-bond donors (Lipinski definition) is 1. The molecule has 0 unspecified atom stereocenters. The molecule has 7 heteroatoms. The molecule has 0 aliphatic rings. The van der Waals surface area contributed by atoms with Crippen molar-refractivity contribution in [3.05, 3.63) is 60.2 Å². The third-order valence-electron chi connectivity index (χ3n) is 2.94. The summed E-state index contributed by atoms with van der Waals surface area (Å²) in [6, 6.07) is 12.1. The molecule has 126 valence electrons. The average Bonchev–Trinajstić information content (AvgIpc) is 2.56.